The summed E-state index contributed by atoms with van der Waals surface area (Å²) in [4.78, 5) is 11.9. The highest BCUT2D eigenvalue weighted by molar-refractivity contribution is 9.10. The Labute approximate surface area is 178 Å². The number of nitrogens with one attached hydrogen (secondary N) is 1. The molecule has 0 bridgehead atoms. The molecule has 29 heavy (non-hydrogen) atoms. The first-order valence-corrected chi connectivity index (χ1v) is 10.2. The molecule has 0 aliphatic heterocycles. The van der Waals surface area contributed by atoms with E-state index in [1.165, 1.54) is 17.3 Å². The third kappa shape index (κ3) is 6.06. The fourth-order valence-corrected chi connectivity index (χ4v) is 3.54. The molecule has 1 amide bonds. The Kier molecular flexibility index (Phi) is 7.25. The van der Waals surface area contributed by atoms with Gasteiger partial charge in [-0.05, 0) is 67.3 Å². The van der Waals surface area contributed by atoms with Crippen LogP contribution < -0.4 is 10.2 Å². The number of hydrazone groups is 1. The molecule has 2 aromatic carbocycles. The molecule has 0 fully saturated rings. The van der Waals surface area contributed by atoms with Crippen molar-refractivity contribution >= 4 is 28.1 Å². The number of amides is 1. The number of benzene rings is 2. The maximum Gasteiger partial charge on any atom is 0.240 e. The first-order valence-electron chi connectivity index (χ1n) is 9.36. The molecule has 3 aromatic rings. The number of nitrogens with zero attached hydrogens (tertiary/aromatic N) is 1. The average Bonchev–Trinajstić information content (AvgIpc) is 3.17. The molecule has 0 aliphatic carbocycles. The second-order valence-electron chi connectivity index (χ2n) is 6.68. The fraction of sp³-hybridized carbons (Fsp3) is 0.217. The highest BCUT2D eigenvalue weighted by Gasteiger charge is 2.08. The topological polar surface area (TPSA) is 63.8 Å². The van der Waals surface area contributed by atoms with Crippen molar-refractivity contribution in [3.8, 4) is 17.1 Å². The van der Waals surface area contributed by atoms with E-state index >= 15 is 0 Å². The van der Waals surface area contributed by atoms with Crippen molar-refractivity contribution < 1.29 is 13.9 Å². The number of furan rings is 1. The van der Waals surface area contributed by atoms with Gasteiger partial charge in [-0.3, -0.25) is 4.79 Å². The highest BCUT2D eigenvalue weighted by Crippen LogP contribution is 2.30. The van der Waals surface area contributed by atoms with Crippen molar-refractivity contribution in [3.05, 3.63) is 76.0 Å². The van der Waals surface area contributed by atoms with E-state index in [1.807, 2.05) is 61.5 Å². The first-order chi connectivity index (χ1) is 14.0. The van der Waals surface area contributed by atoms with Gasteiger partial charge in [-0.2, -0.15) is 5.10 Å². The lowest BCUT2D eigenvalue weighted by Crippen LogP contribution is -2.17. The monoisotopic (exact) mass is 454 g/mol. The van der Waals surface area contributed by atoms with Gasteiger partial charge in [-0.1, -0.05) is 34.1 Å². The van der Waals surface area contributed by atoms with Gasteiger partial charge in [0.1, 0.15) is 17.3 Å². The van der Waals surface area contributed by atoms with E-state index in [1.54, 1.807) is 7.11 Å². The Morgan fingerprint density at radius 3 is 2.69 bits per heavy atom. The van der Waals surface area contributed by atoms with Crippen LogP contribution in [-0.4, -0.2) is 19.2 Å². The summed E-state index contributed by atoms with van der Waals surface area (Å²) in [6, 6.07) is 17.6. The molecule has 1 heterocycles. The molecule has 5 nitrogen and oxygen atoms in total. The Hall–Kier alpha value is -2.86. The molecule has 0 spiro atoms. The van der Waals surface area contributed by atoms with Crippen LogP contribution in [0.5, 0.6) is 5.75 Å². The van der Waals surface area contributed by atoms with Gasteiger partial charge in [0.25, 0.3) is 0 Å². The van der Waals surface area contributed by atoms with Crippen molar-refractivity contribution in [3.63, 3.8) is 0 Å². The summed E-state index contributed by atoms with van der Waals surface area (Å²) < 4.78 is 11.9. The quantitative estimate of drug-likeness (QED) is 0.361. The average molecular weight is 455 g/mol. The third-order valence-corrected chi connectivity index (χ3v) is 5.08. The molecule has 3 rings (SSSR count). The zero-order chi connectivity index (χ0) is 20.6. The largest absolute Gasteiger partial charge is 0.497 e. The van der Waals surface area contributed by atoms with Gasteiger partial charge in [0.2, 0.25) is 5.91 Å². The molecule has 0 atom stereocenters. The number of ether oxygens (including phenoxy) is 1. The van der Waals surface area contributed by atoms with Gasteiger partial charge < -0.3 is 9.15 Å². The summed E-state index contributed by atoms with van der Waals surface area (Å²) in [5, 5.41) is 3.99. The lowest BCUT2D eigenvalue weighted by molar-refractivity contribution is -0.121. The van der Waals surface area contributed by atoms with E-state index in [4.69, 9.17) is 9.15 Å². The van der Waals surface area contributed by atoms with E-state index in [0.717, 1.165) is 34.4 Å². The van der Waals surface area contributed by atoms with Crippen molar-refractivity contribution in [1.29, 1.82) is 0 Å². The van der Waals surface area contributed by atoms with Crippen LogP contribution in [0.3, 0.4) is 0 Å². The summed E-state index contributed by atoms with van der Waals surface area (Å²) in [6.07, 6.45) is 3.49. The molecular formula is C23H23BrN2O3. The SMILES string of the molecule is COc1ccc(CCCC(=O)N/N=C\c2ccc(-c3ccc(C)cc3Br)o2)cc1. The minimum absolute atomic E-state index is 0.122. The van der Waals surface area contributed by atoms with Gasteiger partial charge >= 0.3 is 0 Å². The standard InChI is InChI=1S/C23H23BrN2O3/c1-16-6-12-20(21(24)14-16)22-13-11-19(29-22)15-25-26-23(27)5-3-4-17-7-9-18(28-2)10-8-17/h6-15H,3-5H2,1-2H3,(H,26,27)/b25-15-. The van der Waals surface area contributed by atoms with E-state index in [0.29, 0.717) is 12.2 Å². The molecule has 150 valence electrons. The lowest BCUT2D eigenvalue weighted by Gasteiger charge is -2.03. The number of methoxy groups -OCH3 is 1. The van der Waals surface area contributed by atoms with Gasteiger partial charge in [-0.25, -0.2) is 5.43 Å². The molecular weight excluding hydrogens is 432 g/mol. The molecule has 0 radical (unpaired) electrons. The normalized spacial score (nSPS) is 11.0. The Morgan fingerprint density at radius 2 is 1.97 bits per heavy atom. The zero-order valence-corrected chi connectivity index (χ0v) is 18.0. The van der Waals surface area contributed by atoms with Crippen molar-refractivity contribution in [2.24, 2.45) is 5.10 Å². The van der Waals surface area contributed by atoms with Crippen LogP contribution in [0, 0.1) is 6.92 Å². The number of hydrogen-bond donors (Lipinski definition) is 1. The number of aryl methyl sites for hydroxylation is 2. The van der Waals surface area contributed by atoms with E-state index in [2.05, 4.69) is 26.5 Å². The maximum atomic E-state index is 11.9. The second kappa shape index (κ2) is 10.1. The van der Waals surface area contributed by atoms with Crippen LogP contribution in [0.4, 0.5) is 0 Å². The molecule has 0 aliphatic rings. The molecule has 1 N–H and O–H groups in total. The predicted molar refractivity (Wildman–Crippen MR) is 118 cm³/mol. The highest BCUT2D eigenvalue weighted by atomic mass is 79.9. The smallest absolute Gasteiger partial charge is 0.240 e. The van der Waals surface area contributed by atoms with Gasteiger partial charge in [0.05, 0.1) is 13.3 Å². The minimum Gasteiger partial charge on any atom is -0.497 e. The Balaban J connectivity index is 1.45. The van der Waals surface area contributed by atoms with Crippen LogP contribution in [0.1, 0.15) is 29.7 Å². The molecule has 0 unspecified atom stereocenters. The number of halogens is 1. The van der Waals surface area contributed by atoms with Gasteiger partial charge in [-0.15, -0.1) is 0 Å². The summed E-state index contributed by atoms with van der Waals surface area (Å²) in [6.45, 7) is 2.04. The molecule has 0 saturated heterocycles. The minimum atomic E-state index is -0.122. The molecule has 0 saturated carbocycles. The Morgan fingerprint density at radius 1 is 1.17 bits per heavy atom. The predicted octanol–water partition coefficient (Wildman–Crippen LogP) is 5.50. The first kappa shape index (κ1) is 20.9. The van der Waals surface area contributed by atoms with E-state index < -0.39 is 0 Å². The summed E-state index contributed by atoms with van der Waals surface area (Å²) in [5.74, 6) is 2.02. The number of carbonyl (C=O) groups excluding carboxylic acids is 1. The Bertz CT molecular complexity index is 994. The van der Waals surface area contributed by atoms with Crippen LogP contribution in [0.2, 0.25) is 0 Å². The van der Waals surface area contributed by atoms with Crippen LogP contribution >= 0.6 is 15.9 Å². The number of hydrogen-bond acceptors (Lipinski definition) is 4. The summed E-state index contributed by atoms with van der Waals surface area (Å²) >= 11 is 3.56. The van der Waals surface area contributed by atoms with Crippen LogP contribution in [0.25, 0.3) is 11.3 Å². The zero-order valence-electron chi connectivity index (χ0n) is 16.4. The third-order valence-electron chi connectivity index (χ3n) is 4.43. The number of rotatable bonds is 8. The van der Waals surface area contributed by atoms with Crippen molar-refractivity contribution in [2.75, 3.05) is 7.11 Å². The second-order valence-corrected chi connectivity index (χ2v) is 7.53. The van der Waals surface area contributed by atoms with Crippen molar-refractivity contribution in [1.82, 2.24) is 5.43 Å². The summed E-state index contributed by atoms with van der Waals surface area (Å²) in [5.41, 5.74) is 5.86. The fourth-order valence-electron chi connectivity index (χ4n) is 2.86. The van der Waals surface area contributed by atoms with Crippen LogP contribution in [0.15, 0.2) is 68.6 Å². The van der Waals surface area contributed by atoms with Crippen molar-refractivity contribution in [2.45, 2.75) is 26.2 Å². The van der Waals surface area contributed by atoms with E-state index in [-0.39, 0.29) is 5.91 Å². The summed E-state index contributed by atoms with van der Waals surface area (Å²) in [7, 11) is 1.64. The number of carbonyl (C=O) groups is 1. The lowest BCUT2D eigenvalue weighted by atomic mass is 10.1. The maximum absolute atomic E-state index is 11.9. The molecule has 1 aromatic heterocycles. The van der Waals surface area contributed by atoms with E-state index in [9.17, 15) is 4.79 Å². The van der Waals surface area contributed by atoms with Gasteiger partial charge in [0.15, 0.2) is 0 Å². The van der Waals surface area contributed by atoms with Gasteiger partial charge in [0, 0.05) is 16.5 Å². The molecule has 6 heteroatoms. The van der Waals surface area contributed by atoms with Crippen LogP contribution in [-0.2, 0) is 11.2 Å².